The van der Waals surface area contributed by atoms with Crippen LogP contribution in [-0.2, 0) is 6.54 Å². The molecule has 0 aliphatic rings. The second-order valence-electron chi connectivity index (χ2n) is 5.18. The Morgan fingerprint density at radius 1 is 1.32 bits per heavy atom. The standard InChI is InChI=1S/C16H11BrN6OS/c17-11-4-10(5-18-7-11)6-20-15(24)13-9-25-16(22-13)12-8-21-23-3-1-2-19-14(12)23/h1-5,7-9H,6H2,(H,20,24). The average Bonchev–Trinajstić information content (AvgIpc) is 3.26. The fraction of sp³-hybridized carbons (Fsp3) is 0.0625. The van der Waals surface area contributed by atoms with E-state index in [1.54, 1.807) is 40.7 Å². The van der Waals surface area contributed by atoms with Gasteiger partial charge in [-0.2, -0.15) is 5.10 Å². The van der Waals surface area contributed by atoms with E-state index in [0.29, 0.717) is 22.9 Å². The normalized spacial score (nSPS) is 10.9. The Hall–Kier alpha value is -2.65. The van der Waals surface area contributed by atoms with Gasteiger partial charge in [0.15, 0.2) is 5.65 Å². The first-order valence-electron chi connectivity index (χ1n) is 7.32. The van der Waals surface area contributed by atoms with Gasteiger partial charge in [0.05, 0.1) is 11.8 Å². The van der Waals surface area contributed by atoms with E-state index in [-0.39, 0.29) is 5.91 Å². The number of halogens is 1. The van der Waals surface area contributed by atoms with Crippen LogP contribution in [0.2, 0.25) is 0 Å². The Balaban J connectivity index is 1.52. The number of hydrogen-bond donors (Lipinski definition) is 1. The lowest BCUT2D eigenvalue weighted by atomic mass is 10.3. The molecular weight excluding hydrogens is 404 g/mol. The van der Waals surface area contributed by atoms with Crippen molar-refractivity contribution in [2.24, 2.45) is 0 Å². The number of pyridine rings is 1. The Bertz CT molecular complexity index is 1060. The molecule has 0 saturated carbocycles. The van der Waals surface area contributed by atoms with Crippen LogP contribution < -0.4 is 5.32 Å². The van der Waals surface area contributed by atoms with E-state index < -0.39 is 0 Å². The molecule has 0 radical (unpaired) electrons. The van der Waals surface area contributed by atoms with Crippen molar-refractivity contribution in [3.8, 4) is 10.6 Å². The number of carbonyl (C=O) groups is 1. The highest BCUT2D eigenvalue weighted by Gasteiger charge is 2.15. The molecule has 4 rings (SSSR count). The SMILES string of the molecule is O=C(NCc1cncc(Br)c1)c1csc(-c2cnn3cccnc23)n1. The van der Waals surface area contributed by atoms with Gasteiger partial charge in [0, 0.05) is 41.2 Å². The topological polar surface area (TPSA) is 85.1 Å². The second kappa shape index (κ2) is 6.69. The van der Waals surface area contributed by atoms with Crippen LogP contribution in [0, 0.1) is 0 Å². The summed E-state index contributed by atoms with van der Waals surface area (Å²) in [6.45, 7) is 0.385. The Morgan fingerprint density at radius 3 is 3.12 bits per heavy atom. The number of rotatable bonds is 4. The van der Waals surface area contributed by atoms with Gasteiger partial charge in [-0.1, -0.05) is 0 Å². The van der Waals surface area contributed by atoms with Gasteiger partial charge in [0.1, 0.15) is 10.7 Å². The molecule has 25 heavy (non-hydrogen) atoms. The number of nitrogens with one attached hydrogen (secondary N) is 1. The third kappa shape index (κ3) is 3.28. The maximum atomic E-state index is 12.3. The highest BCUT2D eigenvalue weighted by Crippen LogP contribution is 2.26. The summed E-state index contributed by atoms with van der Waals surface area (Å²) in [4.78, 5) is 25.1. The largest absolute Gasteiger partial charge is 0.347 e. The number of thiazole rings is 1. The molecule has 0 saturated heterocycles. The summed E-state index contributed by atoms with van der Waals surface area (Å²) >= 11 is 4.75. The van der Waals surface area contributed by atoms with Crippen LogP contribution in [0.1, 0.15) is 16.1 Å². The van der Waals surface area contributed by atoms with Gasteiger partial charge in [-0.25, -0.2) is 14.5 Å². The third-order valence-electron chi connectivity index (χ3n) is 3.46. The summed E-state index contributed by atoms with van der Waals surface area (Å²) in [7, 11) is 0. The maximum absolute atomic E-state index is 12.3. The molecule has 4 aromatic heterocycles. The van der Waals surface area contributed by atoms with Crippen molar-refractivity contribution in [1.29, 1.82) is 0 Å². The van der Waals surface area contributed by atoms with Crippen molar-refractivity contribution in [2.75, 3.05) is 0 Å². The molecule has 4 heterocycles. The van der Waals surface area contributed by atoms with E-state index >= 15 is 0 Å². The first-order valence-corrected chi connectivity index (χ1v) is 9.00. The highest BCUT2D eigenvalue weighted by molar-refractivity contribution is 9.10. The van der Waals surface area contributed by atoms with Crippen molar-refractivity contribution >= 4 is 38.8 Å². The van der Waals surface area contributed by atoms with Crippen LogP contribution in [0.25, 0.3) is 16.2 Å². The molecule has 124 valence electrons. The molecule has 0 spiro atoms. The number of fused-ring (bicyclic) bond motifs is 1. The first kappa shape index (κ1) is 15.9. The summed E-state index contributed by atoms with van der Waals surface area (Å²) in [6.07, 6.45) is 8.63. The Morgan fingerprint density at radius 2 is 2.24 bits per heavy atom. The fourth-order valence-electron chi connectivity index (χ4n) is 2.31. The number of aromatic nitrogens is 5. The maximum Gasteiger partial charge on any atom is 0.271 e. The molecule has 0 fully saturated rings. The average molecular weight is 415 g/mol. The quantitative estimate of drug-likeness (QED) is 0.554. The minimum absolute atomic E-state index is 0.230. The van der Waals surface area contributed by atoms with Crippen molar-refractivity contribution in [3.63, 3.8) is 0 Å². The van der Waals surface area contributed by atoms with Crippen LogP contribution in [0.15, 0.2) is 53.0 Å². The highest BCUT2D eigenvalue weighted by atomic mass is 79.9. The van der Waals surface area contributed by atoms with E-state index in [4.69, 9.17) is 0 Å². The number of amides is 1. The van der Waals surface area contributed by atoms with Gasteiger partial charge in [-0.05, 0) is 33.6 Å². The van der Waals surface area contributed by atoms with E-state index in [2.05, 4.69) is 41.3 Å². The predicted molar refractivity (Wildman–Crippen MR) is 97.2 cm³/mol. The number of hydrogen-bond acceptors (Lipinski definition) is 6. The van der Waals surface area contributed by atoms with Crippen LogP contribution in [0.3, 0.4) is 0 Å². The summed E-state index contributed by atoms with van der Waals surface area (Å²) in [5, 5.41) is 9.53. The molecule has 0 aromatic carbocycles. The summed E-state index contributed by atoms with van der Waals surface area (Å²) in [5.74, 6) is -0.230. The Labute approximate surface area is 154 Å². The number of carbonyl (C=O) groups excluding carboxylic acids is 1. The minimum Gasteiger partial charge on any atom is -0.347 e. The zero-order valence-corrected chi connectivity index (χ0v) is 15.2. The van der Waals surface area contributed by atoms with Gasteiger partial charge in [0.25, 0.3) is 5.91 Å². The van der Waals surface area contributed by atoms with Crippen LogP contribution in [0.5, 0.6) is 0 Å². The van der Waals surface area contributed by atoms with Gasteiger partial charge >= 0.3 is 0 Å². The van der Waals surface area contributed by atoms with Gasteiger partial charge in [-0.15, -0.1) is 11.3 Å². The molecular formula is C16H11BrN6OS. The first-order chi connectivity index (χ1) is 12.2. The molecule has 4 aromatic rings. The van der Waals surface area contributed by atoms with Crippen LogP contribution in [0.4, 0.5) is 0 Å². The molecule has 1 N–H and O–H groups in total. The lowest BCUT2D eigenvalue weighted by Crippen LogP contribution is -2.23. The predicted octanol–water partition coefficient (Wildman–Crippen LogP) is 2.94. The molecule has 0 atom stereocenters. The minimum atomic E-state index is -0.230. The van der Waals surface area contributed by atoms with Crippen molar-refractivity contribution in [3.05, 3.63) is 64.2 Å². The van der Waals surface area contributed by atoms with Crippen molar-refractivity contribution in [1.82, 2.24) is 29.9 Å². The summed E-state index contributed by atoms with van der Waals surface area (Å²) < 4.78 is 2.55. The molecule has 0 unspecified atom stereocenters. The molecule has 9 heteroatoms. The summed E-state index contributed by atoms with van der Waals surface area (Å²) in [5.41, 5.74) is 2.80. The van der Waals surface area contributed by atoms with Gasteiger partial charge < -0.3 is 5.32 Å². The van der Waals surface area contributed by atoms with E-state index in [9.17, 15) is 4.79 Å². The lowest BCUT2D eigenvalue weighted by molar-refractivity contribution is 0.0946. The van der Waals surface area contributed by atoms with Crippen molar-refractivity contribution in [2.45, 2.75) is 6.54 Å². The molecule has 0 aliphatic heterocycles. The molecule has 7 nitrogen and oxygen atoms in total. The molecule has 0 aliphatic carbocycles. The summed E-state index contributed by atoms with van der Waals surface area (Å²) in [6, 6.07) is 3.71. The van der Waals surface area contributed by atoms with E-state index in [1.165, 1.54) is 11.3 Å². The zero-order chi connectivity index (χ0) is 17.2. The van der Waals surface area contributed by atoms with E-state index in [1.807, 2.05) is 12.3 Å². The zero-order valence-electron chi connectivity index (χ0n) is 12.8. The Kier molecular flexibility index (Phi) is 4.24. The second-order valence-corrected chi connectivity index (χ2v) is 6.95. The molecule has 1 amide bonds. The number of nitrogens with zero attached hydrogens (tertiary/aromatic N) is 5. The van der Waals surface area contributed by atoms with Gasteiger partial charge in [-0.3, -0.25) is 9.78 Å². The fourth-order valence-corrected chi connectivity index (χ4v) is 3.52. The molecule has 0 bridgehead atoms. The van der Waals surface area contributed by atoms with Crippen molar-refractivity contribution < 1.29 is 4.79 Å². The smallest absolute Gasteiger partial charge is 0.271 e. The van der Waals surface area contributed by atoms with E-state index in [0.717, 1.165) is 15.6 Å². The third-order valence-corrected chi connectivity index (χ3v) is 4.77. The monoisotopic (exact) mass is 414 g/mol. The van der Waals surface area contributed by atoms with Crippen LogP contribution >= 0.6 is 27.3 Å². The lowest BCUT2D eigenvalue weighted by Gasteiger charge is -2.03. The van der Waals surface area contributed by atoms with Crippen LogP contribution in [-0.4, -0.2) is 30.5 Å². The van der Waals surface area contributed by atoms with Gasteiger partial charge in [0.2, 0.25) is 0 Å².